The molecule has 0 aliphatic heterocycles. The van der Waals surface area contributed by atoms with Crippen LogP contribution in [0.3, 0.4) is 0 Å². The molecule has 0 heterocycles. The summed E-state index contributed by atoms with van der Waals surface area (Å²) in [5, 5.41) is 18.4. The second-order valence-electron chi connectivity index (χ2n) is 2.46. The summed E-state index contributed by atoms with van der Waals surface area (Å²) >= 11 is 0. The Hall–Kier alpha value is -2.15. The van der Waals surface area contributed by atoms with Crippen molar-refractivity contribution in [3.05, 3.63) is 34.7 Å². The summed E-state index contributed by atoms with van der Waals surface area (Å²) in [5.74, 6) is -0.339. The number of nitrogens with zero attached hydrogens (tertiary/aromatic N) is 1. The van der Waals surface area contributed by atoms with Crippen molar-refractivity contribution in [2.24, 2.45) is 11.5 Å². The fourth-order valence-electron chi connectivity index (χ4n) is 1.00. The lowest BCUT2D eigenvalue weighted by Crippen LogP contribution is -2.32. The predicted molar refractivity (Wildman–Crippen MR) is 49.1 cm³/mol. The zero-order valence-electron chi connectivity index (χ0n) is 6.86. The van der Waals surface area contributed by atoms with E-state index in [0.717, 1.165) is 0 Å². The van der Waals surface area contributed by atoms with E-state index < -0.39 is 0 Å². The lowest BCUT2D eigenvalue weighted by molar-refractivity contribution is 0.492. The highest BCUT2D eigenvalue weighted by Gasteiger charge is 1.93. The largest absolute Gasteiger partial charge is 0.495 e. The average molecular weight is 175 g/mol. The van der Waals surface area contributed by atoms with Gasteiger partial charge in [0.05, 0.1) is 0 Å². The van der Waals surface area contributed by atoms with Crippen LogP contribution in [-0.4, -0.2) is 5.11 Å². The molecule has 0 spiro atoms. The molecule has 5 N–H and O–H groups in total. The Morgan fingerprint density at radius 2 is 1.77 bits per heavy atom. The molecule has 0 saturated carbocycles. The normalized spacial score (nSPS) is 14.4. The standard InChI is InChI=1S/C9H9N3O/c10-5-8(11)6-3-1-2-4-7(6)9(12)13/h1-4,13H,11-12H2/b8-6-,9-7+. The van der Waals surface area contributed by atoms with Crippen molar-refractivity contribution in [2.45, 2.75) is 0 Å². The topological polar surface area (TPSA) is 96.1 Å². The minimum Gasteiger partial charge on any atom is -0.495 e. The Balaban J connectivity index is 3.80. The van der Waals surface area contributed by atoms with Crippen molar-refractivity contribution < 1.29 is 5.11 Å². The van der Waals surface area contributed by atoms with Gasteiger partial charge >= 0.3 is 0 Å². The van der Waals surface area contributed by atoms with Crippen LogP contribution in [-0.2, 0) is 0 Å². The van der Waals surface area contributed by atoms with Crippen LogP contribution in [0.15, 0.2) is 24.3 Å². The smallest absolute Gasteiger partial charge is 0.189 e. The third kappa shape index (κ3) is 1.71. The van der Waals surface area contributed by atoms with Gasteiger partial charge in [-0.05, 0) is 6.07 Å². The monoisotopic (exact) mass is 175 g/mol. The molecule has 4 heteroatoms. The van der Waals surface area contributed by atoms with Gasteiger partial charge < -0.3 is 16.6 Å². The number of aliphatic hydroxyl groups is 1. The molecular formula is C9H9N3O. The Morgan fingerprint density at radius 1 is 1.23 bits per heavy atom. The van der Waals surface area contributed by atoms with Crippen molar-refractivity contribution in [2.75, 3.05) is 0 Å². The van der Waals surface area contributed by atoms with Gasteiger partial charge in [-0.25, -0.2) is 0 Å². The molecule has 0 fully saturated rings. The van der Waals surface area contributed by atoms with Gasteiger partial charge in [-0.1, -0.05) is 18.2 Å². The second-order valence-corrected chi connectivity index (χ2v) is 2.46. The molecule has 0 saturated heterocycles. The molecule has 0 bridgehead atoms. The number of nitriles is 1. The van der Waals surface area contributed by atoms with Gasteiger partial charge in [-0.3, -0.25) is 0 Å². The lowest BCUT2D eigenvalue weighted by Gasteiger charge is -1.93. The maximum absolute atomic E-state index is 9.07. The number of rotatable bonds is 0. The molecule has 4 nitrogen and oxygen atoms in total. The molecular weight excluding hydrogens is 166 g/mol. The molecule has 0 radical (unpaired) electrons. The average Bonchev–Trinajstić information content (AvgIpc) is 2.16. The number of nitrogens with two attached hydrogens (primary N) is 2. The predicted octanol–water partition coefficient (Wildman–Crippen LogP) is -1.14. The van der Waals surface area contributed by atoms with E-state index in [0.29, 0.717) is 10.4 Å². The van der Waals surface area contributed by atoms with Gasteiger partial charge in [-0.15, -0.1) is 0 Å². The van der Waals surface area contributed by atoms with Gasteiger partial charge in [0.1, 0.15) is 11.8 Å². The maximum Gasteiger partial charge on any atom is 0.189 e. The SMILES string of the molecule is N#C/C(N)=c1\cccc\c1=C(\N)O. The molecule has 0 atom stereocenters. The highest BCUT2D eigenvalue weighted by Crippen LogP contribution is 1.77. The Morgan fingerprint density at radius 3 is 2.23 bits per heavy atom. The first-order chi connectivity index (χ1) is 6.16. The minimum absolute atomic E-state index is 0.0348. The molecule has 0 amide bonds. The van der Waals surface area contributed by atoms with Crippen LogP contribution >= 0.6 is 0 Å². The minimum atomic E-state index is -0.339. The van der Waals surface area contributed by atoms with Crippen LogP contribution in [0.2, 0.25) is 0 Å². The summed E-state index contributed by atoms with van der Waals surface area (Å²) in [4.78, 5) is 0. The Kier molecular flexibility index (Phi) is 2.41. The van der Waals surface area contributed by atoms with Gasteiger partial charge in [0, 0.05) is 10.4 Å². The number of aliphatic hydroxyl groups excluding tert-OH is 1. The van der Waals surface area contributed by atoms with Crippen molar-refractivity contribution in [1.29, 1.82) is 5.26 Å². The highest BCUT2D eigenvalue weighted by molar-refractivity contribution is 5.56. The van der Waals surface area contributed by atoms with E-state index in [9.17, 15) is 0 Å². The molecule has 13 heavy (non-hydrogen) atoms. The van der Waals surface area contributed by atoms with Gasteiger partial charge in [-0.2, -0.15) is 5.26 Å². The first kappa shape index (κ1) is 8.94. The van der Waals surface area contributed by atoms with Crippen molar-refractivity contribution >= 4 is 11.6 Å². The summed E-state index contributed by atoms with van der Waals surface area (Å²) in [6.45, 7) is 0. The lowest BCUT2D eigenvalue weighted by atomic mass is 10.2. The van der Waals surface area contributed by atoms with E-state index in [1.165, 1.54) is 0 Å². The molecule has 66 valence electrons. The number of hydrogen-bond acceptors (Lipinski definition) is 4. The number of benzene rings is 1. The van der Waals surface area contributed by atoms with Gasteiger partial charge in [0.25, 0.3) is 0 Å². The van der Waals surface area contributed by atoms with Crippen LogP contribution in [0.25, 0.3) is 11.6 Å². The van der Waals surface area contributed by atoms with Crippen molar-refractivity contribution in [3.8, 4) is 6.07 Å². The van der Waals surface area contributed by atoms with E-state index in [-0.39, 0.29) is 11.6 Å². The maximum atomic E-state index is 9.07. The van der Waals surface area contributed by atoms with Crippen LogP contribution in [0.4, 0.5) is 0 Å². The first-order valence-electron chi connectivity index (χ1n) is 3.60. The molecule has 0 unspecified atom stereocenters. The molecule has 1 rings (SSSR count). The van der Waals surface area contributed by atoms with Crippen molar-refractivity contribution in [3.63, 3.8) is 0 Å². The fourth-order valence-corrected chi connectivity index (χ4v) is 1.00. The van der Waals surface area contributed by atoms with Crippen LogP contribution in [0, 0.1) is 11.3 Å². The molecule has 1 aromatic carbocycles. The van der Waals surface area contributed by atoms with E-state index in [1.807, 2.05) is 0 Å². The molecule has 0 aliphatic carbocycles. The third-order valence-corrected chi connectivity index (χ3v) is 1.61. The zero-order chi connectivity index (χ0) is 9.84. The highest BCUT2D eigenvalue weighted by atomic mass is 16.3. The molecule has 1 aromatic rings. The Labute approximate surface area is 75.0 Å². The van der Waals surface area contributed by atoms with Crippen molar-refractivity contribution in [1.82, 2.24) is 0 Å². The summed E-state index contributed by atoms with van der Waals surface area (Å²) in [6.07, 6.45) is 0. The summed E-state index contributed by atoms with van der Waals surface area (Å²) < 4.78 is 0. The second kappa shape index (κ2) is 3.50. The van der Waals surface area contributed by atoms with Crippen LogP contribution in [0.5, 0.6) is 0 Å². The first-order valence-corrected chi connectivity index (χ1v) is 3.60. The summed E-state index contributed by atoms with van der Waals surface area (Å²) in [7, 11) is 0. The fraction of sp³-hybridized carbons (Fsp3) is 0. The summed E-state index contributed by atoms with van der Waals surface area (Å²) in [6, 6.07) is 8.42. The van der Waals surface area contributed by atoms with Gasteiger partial charge in [0.2, 0.25) is 0 Å². The third-order valence-electron chi connectivity index (χ3n) is 1.61. The quantitative estimate of drug-likeness (QED) is 0.464. The van der Waals surface area contributed by atoms with Gasteiger partial charge in [0.15, 0.2) is 5.88 Å². The molecule has 0 aromatic heterocycles. The Bertz CT molecular complexity index is 466. The summed E-state index contributed by atoms with van der Waals surface area (Å²) in [5.41, 5.74) is 10.6. The zero-order valence-corrected chi connectivity index (χ0v) is 6.86. The number of hydrogen-bond donors (Lipinski definition) is 3. The van der Waals surface area contributed by atoms with E-state index in [1.54, 1.807) is 30.3 Å². The van der Waals surface area contributed by atoms with Crippen LogP contribution in [0.1, 0.15) is 0 Å². The molecule has 0 aliphatic rings. The van der Waals surface area contributed by atoms with E-state index in [4.69, 9.17) is 21.8 Å². The van der Waals surface area contributed by atoms with E-state index in [2.05, 4.69) is 0 Å². The van der Waals surface area contributed by atoms with Crippen LogP contribution < -0.4 is 21.9 Å². The van der Waals surface area contributed by atoms with E-state index >= 15 is 0 Å².